The zero-order valence-electron chi connectivity index (χ0n) is 11.3. The molecule has 0 atom stereocenters. The van der Waals surface area contributed by atoms with E-state index in [9.17, 15) is 0 Å². The van der Waals surface area contributed by atoms with Gasteiger partial charge in [0.1, 0.15) is 12.6 Å². The molecule has 5 nitrogen and oxygen atoms in total. The van der Waals surface area contributed by atoms with Gasteiger partial charge in [0, 0.05) is 12.1 Å². The molecule has 0 aliphatic rings. The minimum absolute atomic E-state index is 0.505. The first-order valence-electron chi connectivity index (χ1n) is 6.26. The van der Waals surface area contributed by atoms with Crippen LogP contribution >= 0.6 is 34.5 Å². The van der Waals surface area contributed by atoms with Crippen LogP contribution in [-0.2, 0) is 4.84 Å². The Morgan fingerprint density at radius 3 is 2.90 bits per heavy atom. The molecule has 0 bridgehead atoms. The lowest BCUT2D eigenvalue weighted by Crippen LogP contribution is -2.07. The van der Waals surface area contributed by atoms with Crippen LogP contribution in [0, 0.1) is 0 Å². The molecule has 0 spiro atoms. The molecule has 0 fully saturated rings. The Labute approximate surface area is 136 Å². The van der Waals surface area contributed by atoms with E-state index in [0.29, 0.717) is 10.0 Å². The van der Waals surface area contributed by atoms with Gasteiger partial charge in [-0.15, -0.1) is 10.2 Å². The Morgan fingerprint density at radius 2 is 2.24 bits per heavy atom. The second-order valence-electron chi connectivity index (χ2n) is 4.12. The van der Waals surface area contributed by atoms with Crippen LogP contribution in [0.2, 0.25) is 10.0 Å². The highest BCUT2D eigenvalue weighted by molar-refractivity contribution is 7.13. The summed E-state index contributed by atoms with van der Waals surface area (Å²) in [5, 5.41) is 16.8. The largest absolute Gasteiger partial charge is 0.399 e. The summed E-state index contributed by atoms with van der Waals surface area (Å²) < 4.78 is 0. The van der Waals surface area contributed by atoms with E-state index in [2.05, 4.69) is 20.7 Å². The van der Waals surface area contributed by atoms with Crippen LogP contribution in [0.25, 0.3) is 0 Å². The van der Waals surface area contributed by atoms with E-state index in [4.69, 9.17) is 28.0 Å². The Hall–Kier alpha value is -1.37. The fourth-order valence-electron chi connectivity index (χ4n) is 1.73. The molecule has 1 N–H and O–H groups in total. The summed E-state index contributed by atoms with van der Waals surface area (Å²) in [7, 11) is 1.52. The Balaban J connectivity index is 1.93. The molecule has 2 aromatic rings. The minimum atomic E-state index is 0.505. The predicted octanol–water partition coefficient (Wildman–Crippen LogP) is 4.09. The summed E-state index contributed by atoms with van der Waals surface area (Å²) in [5.41, 5.74) is 3.42. The maximum atomic E-state index is 6.03. The molecule has 0 radical (unpaired) electrons. The summed E-state index contributed by atoms with van der Waals surface area (Å²) in [4.78, 5) is 4.90. The Morgan fingerprint density at radius 1 is 1.38 bits per heavy atom. The fourth-order valence-corrected chi connectivity index (χ4v) is 2.50. The van der Waals surface area contributed by atoms with Crippen molar-refractivity contribution in [3.8, 4) is 0 Å². The molecule has 1 aromatic heterocycles. The van der Waals surface area contributed by atoms with Crippen LogP contribution in [0.3, 0.4) is 0 Å². The molecule has 8 heteroatoms. The number of hydrogen-bond donors (Lipinski definition) is 1. The van der Waals surface area contributed by atoms with Crippen LogP contribution in [-0.4, -0.2) is 29.6 Å². The predicted molar refractivity (Wildman–Crippen MR) is 87.6 cm³/mol. The number of nitrogens with one attached hydrogen (secondary N) is 1. The van der Waals surface area contributed by atoms with E-state index in [1.54, 1.807) is 17.6 Å². The van der Waals surface area contributed by atoms with Gasteiger partial charge in [0.05, 0.1) is 15.8 Å². The van der Waals surface area contributed by atoms with Crippen molar-refractivity contribution < 1.29 is 4.84 Å². The normalized spacial score (nSPS) is 11.5. The van der Waals surface area contributed by atoms with Crippen molar-refractivity contribution >= 4 is 45.4 Å². The van der Waals surface area contributed by atoms with Gasteiger partial charge in [-0.2, -0.15) is 0 Å². The van der Waals surface area contributed by atoms with Crippen molar-refractivity contribution in [2.75, 3.05) is 19.0 Å². The average molecular weight is 345 g/mol. The third kappa shape index (κ3) is 4.84. The van der Waals surface area contributed by atoms with Gasteiger partial charge in [-0.05, 0) is 25.0 Å². The van der Waals surface area contributed by atoms with Gasteiger partial charge in [-0.3, -0.25) is 0 Å². The smallest absolute Gasteiger partial charge is 0.205 e. The minimum Gasteiger partial charge on any atom is -0.399 e. The third-order valence-corrected chi connectivity index (χ3v) is 4.07. The number of oxime groups is 1. The van der Waals surface area contributed by atoms with Crippen molar-refractivity contribution in [3.63, 3.8) is 0 Å². The van der Waals surface area contributed by atoms with Crippen molar-refractivity contribution in [1.82, 2.24) is 10.2 Å². The van der Waals surface area contributed by atoms with E-state index in [0.717, 1.165) is 35.8 Å². The first-order chi connectivity index (χ1) is 10.2. The maximum Gasteiger partial charge on any atom is 0.205 e. The maximum absolute atomic E-state index is 6.03. The number of anilines is 1. The molecule has 112 valence electrons. The summed E-state index contributed by atoms with van der Waals surface area (Å²) >= 11 is 13.4. The van der Waals surface area contributed by atoms with E-state index in [1.165, 1.54) is 18.4 Å². The zero-order chi connectivity index (χ0) is 15.1. The monoisotopic (exact) mass is 344 g/mol. The molecule has 2 rings (SSSR count). The van der Waals surface area contributed by atoms with Gasteiger partial charge in [-0.1, -0.05) is 45.8 Å². The highest BCUT2D eigenvalue weighted by Crippen LogP contribution is 2.23. The zero-order valence-corrected chi connectivity index (χ0v) is 13.7. The Bertz CT molecular complexity index is 604. The second-order valence-corrected chi connectivity index (χ2v) is 5.77. The summed E-state index contributed by atoms with van der Waals surface area (Å²) in [6.45, 7) is 0.777. The highest BCUT2D eigenvalue weighted by Gasteiger charge is 2.08. The fraction of sp³-hybridized carbons (Fsp3) is 0.308. The number of hydrogen-bond acceptors (Lipinski definition) is 6. The van der Waals surface area contributed by atoms with Gasteiger partial charge in [0.25, 0.3) is 0 Å². The lowest BCUT2D eigenvalue weighted by molar-refractivity contribution is 0.213. The number of rotatable bonds is 7. The number of benzene rings is 1. The van der Waals surface area contributed by atoms with Crippen LogP contribution < -0.4 is 5.32 Å². The SMILES string of the molecule is CO/N=C(\CCCNc1nncs1)c1ccc(Cl)c(Cl)c1. The number of aromatic nitrogens is 2. The van der Waals surface area contributed by atoms with E-state index < -0.39 is 0 Å². The molecule has 0 aliphatic carbocycles. The van der Waals surface area contributed by atoms with Gasteiger partial charge in [0.15, 0.2) is 0 Å². The first-order valence-corrected chi connectivity index (χ1v) is 7.89. The van der Waals surface area contributed by atoms with Crippen LogP contribution in [0.4, 0.5) is 5.13 Å². The Kier molecular flexibility index (Phi) is 6.22. The summed E-state index contributed by atoms with van der Waals surface area (Å²) in [5.74, 6) is 0. The molecular formula is C13H14Cl2N4OS. The molecule has 0 amide bonds. The molecule has 0 saturated carbocycles. The number of nitrogens with zero attached hydrogens (tertiary/aromatic N) is 3. The molecule has 21 heavy (non-hydrogen) atoms. The topological polar surface area (TPSA) is 59.4 Å². The molecular weight excluding hydrogens is 331 g/mol. The average Bonchev–Trinajstić information content (AvgIpc) is 2.98. The van der Waals surface area contributed by atoms with Gasteiger partial charge >= 0.3 is 0 Å². The second kappa shape index (κ2) is 8.17. The quantitative estimate of drug-likeness (QED) is 0.467. The molecule has 0 unspecified atom stereocenters. The van der Waals surface area contributed by atoms with Crippen molar-refractivity contribution in [2.24, 2.45) is 5.16 Å². The van der Waals surface area contributed by atoms with Crippen LogP contribution in [0.1, 0.15) is 18.4 Å². The van der Waals surface area contributed by atoms with E-state index >= 15 is 0 Å². The van der Waals surface area contributed by atoms with Crippen LogP contribution in [0.15, 0.2) is 28.9 Å². The number of halogens is 2. The van der Waals surface area contributed by atoms with E-state index in [1.807, 2.05) is 6.07 Å². The molecule has 0 aliphatic heterocycles. The first kappa shape index (κ1) is 16.0. The van der Waals surface area contributed by atoms with E-state index in [-0.39, 0.29) is 0 Å². The van der Waals surface area contributed by atoms with Gasteiger partial charge < -0.3 is 10.2 Å². The lowest BCUT2D eigenvalue weighted by atomic mass is 10.1. The van der Waals surface area contributed by atoms with Gasteiger partial charge in [-0.25, -0.2) is 0 Å². The standard InChI is InChI=1S/C13H14Cl2N4OS/c1-20-19-12(9-4-5-10(14)11(15)7-9)3-2-6-16-13-18-17-8-21-13/h4-5,7-8H,2-3,6H2,1H3,(H,16,18)/b19-12+. The lowest BCUT2D eigenvalue weighted by Gasteiger charge is -2.07. The summed E-state index contributed by atoms with van der Waals surface area (Å²) in [6.07, 6.45) is 1.62. The third-order valence-electron chi connectivity index (χ3n) is 2.68. The van der Waals surface area contributed by atoms with Gasteiger partial charge in [0.2, 0.25) is 5.13 Å². The highest BCUT2D eigenvalue weighted by atomic mass is 35.5. The van der Waals surface area contributed by atoms with Crippen molar-refractivity contribution in [3.05, 3.63) is 39.3 Å². The van der Waals surface area contributed by atoms with Crippen LogP contribution in [0.5, 0.6) is 0 Å². The van der Waals surface area contributed by atoms with Crippen molar-refractivity contribution in [2.45, 2.75) is 12.8 Å². The molecule has 1 aromatic carbocycles. The van der Waals surface area contributed by atoms with Crippen molar-refractivity contribution in [1.29, 1.82) is 0 Å². The summed E-state index contributed by atoms with van der Waals surface area (Å²) in [6, 6.07) is 5.42. The molecule has 0 saturated heterocycles. The molecule has 1 heterocycles.